The van der Waals surface area contributed by atoms with Gasteiger partial charge in [0.05, 0.1) is 21.8 Å². The van der Waals surface area contributed by atoms with E-state index in [9.17, 15) is 9.59 Å². The van der Waals surface area contributed by atoms with Crippen LogP contribution in [-0.2, 0) is 0 Å². The number of pyridine rings is 1. The third kappa shape index (κ3) is 4.50. The first-order chi connectivity index (χ1) is 12.0. The third-order valence-electron chi connectivity index (χ3n) is 4.13. The van der Waals surface area contributed by atoms with Crippen molar-refractivity contribution in [1.82, 2.24) is 10.3 Å². The number of benzene rings is 1. The zero-order valence-corrected chi connectivity index (χ0v) is 14.9. The van der Waals surface area contributed by atoms with Gasteiger partial charge in [0.2, 0.25) is 0 Å². The molecule has 1 saturated carbocycles. The van der Waals surface area contributed by atoms with E-state index in [0.717, 1.165) is 25.7 Å². The number of anilines is 1. The van der Waals surface area contributed by atoms with Crippen molar-refractivity contribution in [3.63, 3.8) is 0 Å². The molecule has 2 amide bonds. The van der Waals surface area contributed by atoms with Crippen molar-refractivity contribution in [2.24, 2.45) is 0 Å². The maximum absolute atomic E-state index is 12.4. The third-order valence-corrected chi connectivity index (χ3v) is 4.69. The number of carbonyl (C=O) groups is 2. The number of aromatic nitrogens is 1. The van der Waals surface area contributed by atoms with Crippen LogP contribution in [0.4, 0.5) is 5.69 Å². The monoisotopic (exact) mass is 377 g/mol. The van der Waals surface area contributed by atoms with Crippen LogP contribution >= 0.6 is 23.2 Å². The first-order valence-electron chi connectivity index (χ1n) is 8.05. The number of amides is 2. The minimum Gasteiger partial charge on any atom is -0.349 e. The van der Waals surface area contributed by atoms with Crippen molar-refractivity contribution < 1.29 is 9.59 Å². The Morgan fingerprint density at radius 2 is 1.68 bits per heavy atom. The maximum atomic E-state index is 12.4. The Labute approximate surface area is 155 Å². The molecule has 2 aromatic rings. The topological polar surface area (TPSA) is 71.1 Å². The lowest BCUT2D eigenvalue weighted by Crippen LogP contribution is -2.32. The molecular weight excluding hydrogens is 361 g/mol. The molecule has 1 aliphatic carbocycles. The summed E-state index contributed by atoms with van der Waals surface area (Å²) in [6.45, 7) is 0. The lowest BCUT2D eigenvalue weighted by atomic mass is 10.1. The molecule has 0 bridgehead atoms. The summed E-state index contributed by atoms with van der Waals surface area (Å²) in [5, 5.41) is 6.49. The number of rotatable bonds is 4. The summed E-state index contributed by atoms with van der Waals surface area (Å²) in [6, 6.07) is 6.52. The van der Waals surface area contributed by atoms with Crippen molar-refractivity contribution in [2.45, 2.75) is 31.7 Å². The fourth-order valence-corrected chi connectivity index (χ4v) is 3.15. The minimum atomic E-state index is -0.410. The second-order valence-electron chi connectivity index (χ2n) is 6.00. The minimum absolute atomic E-state index is 0.204. The molecule has 3 rings (SSSR count). The highest BCUT2D eigenvalue weighted by atomic mass is 35.5. The van der Waals surface area contributed by atoms with Crippen molar-refractivity contribution in [2.75, 3.05) is 5.32 Å². The van der Waals surface area contributed by atoms with Crippen LogP contribution in [0.3, 0.4) is 0 Å². The summed E-state index contributed by atoms with van der Waals surface area (Å²) in [7, 11) is 0. The molecule has 1 aromatic heterocycles. The van der Waals surface area contributed by atoms with Crippen LogP contribution < -0.4 is 10.6 Å². The van der Waals surface area contributed by atoms with Crippen LogP contribution in [0.1, 0.15) is 46.4 Å². The Morgan fingerprint density at radius 1 is 1.00 bits per heavy atom. The summed E-state index contributed by atoms with van der Waals surface area (Å²) >= 11 is 12.0. The van der Waals surface area contributed by atoms with Gasteiger partial charge in [-0.05, 0) is 37.1 Å². The summed E-state index contributed by atoms with van der Waals surface area (Å²) in [6.07, 6.45) is 7.10. The van der Waals surface area contributed by atoms with Gasteiger partial charge in [-0.25, -0.2) is 0 Å². The van der Waals surface area contributed by atoms with Crippen molar-refractivity contribution in [3.05, 3.63) is 57.8 Å². The normalized spacial score (nSPS) is 14.3. The molecular formula is C18H17Cl2N3O2. The highest BCUT2D eigenvalue weighted by Gasteiger charge is 2.19. The van der Waals surface area contributed by atoms with Gasteiger partial charge in [0.15, 0.2) is 0 Å². The lowest BCUT2D eigenvalue weighted by molar-refractivity contribution is 0.0937. The fourth-order valence-electron chi connectivity index (χ4n) is 2.81. The summed E-state index contributed by atoms with van der Waals surface area (Å²) < 4.78 is 0. The van der Waals surface area contributed by atoms with E-state index in [0.29, 0.717) is 21.3 Å². The predicted molar refractivity (Wildman–Crippen MR) is 98.4 cm³/mol. The van der Waals surface area contributed by atoms with E-state index in [1.807, 2.05) is 0 Å². The number of nitrogens with zero attached hydrogens (tertiary/aromatic N) is 1. The molecule has 0 radical (unpaired) electrons. The van der Waals surface area contributed by atoms with Crippen LogP contribution in [0, 0.1) is 0 Å². The number of hydrogen-bond donors (Lipinski definition) is 2. The number of halogens is 2. The second kappa shape index (κ2) is 7.85. The van der Waals surface area contributed by atoms with Gasteiger partial charge < -0.3 is 10.6 Å². The largest absolute Gasteiger partial charge is 0.349 e. The van der Waals surface area contributed by atoms with Gasteiger partial charge in [-0.3, -0.25) is 14.6 Å². The molecule has 0 aliphatic heterocycles. The summed E-state index contributed by atoms with van der Waals surface area (Å²) in [5.41, 5.74) is 1.03. The average molecular weight is 378 g/mol. The summed E-state index contributed by atoms with van der Waals surface area (Å²) in [5.74, 6) is -0.623. The maximum Gasteiger partial charge on any atom is 0.257 e. The standard InChI is InChI=1S/C18H17Cl2N3O2/c19-13-5-6-15(20)16(8-13)23-18(25)12-7-11(9-21-10-12)17(24)22-14-3-1-2-4-14/h5-10,14H,1-4H2,(H,22,24)(H,23,25). The number of nitrogens with one attached hydrogen (secondary N) is 2. The van der Waals surface area contributed by atoms with Gasteiger partial charge in [-0.2, -0.15) is 0 Å². The summed E-state index contributed by atoms with van der Waals surface area (Å²) in [4.78, 5) is 28.7. The van der Waals surface area contributed by atoms with Crippen molar-refractivity contribution in [1.29, 1.82) is 0 Å². The first-order valence-corrected chi connectivity index (χ1v) is 8.81. The van der Waals surface area contributed by atoms with Crippen LogP contribution in [0.5, 0.6) is 0 Å². The van der Waals surface area contributed by atoms with Gasteiger partial charge in [-0.15, -0.1) is 0 Å². The smallest absolute Gasteiger partial charge is 0.257 e. The van der Waals surface area contributed by atoms with E-state index in [1.165, 1.54) is 18.5 Å². The van der Waals surface area contributed by atoms with Gasteiger partial charge in [-0.1, -0.05) is 36.0 Å². The van der Waals surface area contributed by atoms with Crippen LogP contribution in [0.2, 0.25) is 10.0 Å². The Kier molecular flexibility index (Phi) is 5.56. The Bertz CT molecular complexity index is 805. The average Bonchev–Trinajstić information content (AvgIpc) is 3.11. The second-order valence-corrected chi connectivity index (χ2v) is 6.84. The molecule has 0 unspecified atom stereocenters. The van der Waals surface area contributed by atoms with E-state index in [2.05, 4.69) is 15.6 Å². The number of carbonyl (C=O) groups excluding carboxylic acids is 2. The Balaban J connectivity index is 1.72. The molecule has 5 nitrogen and oxygen atoms in total. The van der Waals surface area contributed by atoms with E-state index >= 15 is 0 Å². The van der Waals surface area contributed by atoms with E-state index in [4.69, 9.17) is 23.2 Å². The SMILES string of the molecule is O=C(Nc1cc(Cl)ccc1Cl)c1cncc(C(=O)NC2CCCC2)c1. The van der Waals surface area contributed by atoms with Gasteiger partial charge >= 0.3 is 0 Å². The van der Waals surface area contributed by atoms with E-state index < -0.39 is 5.91 Å². The zero-order valence-electron chi connectivity index (χ0n) is 13.4. The van der Waals surface area contributed by atoms with Crippen LogP contribution in [-0.4, -0.2) is 22.8 Å². The highest BCUT2D eigenvalue weighted by Crippen LogP contribution is 2.26. The van der Waals surface area contributed by atoms with Gasteiger partial charge in [0.25, 0.3) is 11.8 Å². The van der Waals surface area contributed by atoms with E-state index in [-0.39, 0.29) is 17.5 Å². The zero-order chi connectivity index (χ0) is 17.8. The molecule has 25 heavy (non-hydrogen) atoms. The molecule has 0 atom stereocenters. The van der Waals surface area contributed by atoms with Crippen molar-refractivity contribution in [3.8, 4) is 0 Å². The molecule has 1 heterocycles. The molecule has 2 N–H and O–H groups in total. The molecule has 0 saturated heterocycles. The van der Waals surface area contributed by atoms with Crippen molar-refractivity contribution >= 4 is 40.7 Å². The van der Waals surface area contributed by atoms with Crippen LogP contribution in [0.25, 0.3) is 0 Å². The van der Waals surface area contributed by atoms with Gasteiger partial charge in [0, 0.05) is 23.5 Å². The molecule has 7 heteroatoms. The van der Waals surface area contributed by atoms with Crippen LogP contribution in [0.15, 0.2) is 36.7 Å². The Morgan fingerprint density at radius 3 is 2.40 bits per heavy atom. The first kappa shape index (κ1) is 17.7. The molecule has 1 fully saturated rings. The van der Waals surface area contributed by atoms with Gasteiger partial charge in [0.1, 0.15) is 0 Å². The molecule has 1 aliphatic rings. The molecule has 1 aromatic carbocycles. The highest BCUT2D eigenvalue weighted by molar-refractivity contribution is 6.35. The van der Waals surface area contributed by atoms with E-state index in [1.54, 1.807) is 18.2 Å². The number of hydrogen-bond acceptors (Lipinski definition) is 3. The predicted octanol–water partition coefficient (Wildman–Crippen LogP) is 4.31. The molecule has 0 spiro atoms. The Hall–Kier alpha value is -2.11. The quantitative estimate of drug-likeness (QED) is 0.833. The lowest BCUT2D eigenvalue weighted by Gasteiger charge is -2.12. The fraction of sp³-hybridized carbons (Fsp3) is 0.278. The molecule has 130 valence electrons.